The van der Waals surface area contributed by atoms with Crippen molar-refractivity contribution in [3.63, 3.8) is 0 Å². The first-order valence-corrected chi connectivity index (χ1v) is 8.32. The minimum Gasteiger partial charge on any atom is -0.378 e. The second kappa shape index (κ2) is 7.25. The lowest BCUT2D eigenvalue weighted by Crippen LogP contribution is -2.37. The first-order chi connectivity index (χ1) is 10.7. The Bertz CT molecular complexity index is 517. The first kappa shape index (κ1) is 15.5. The van der Waals surface area contributed by atoms with E-state index in [2.05, 4.69) is 17.0 Å². The van der Waals surface area contributed by atoms with Crippen molar-refractivity contribution in [2.75, 3.05) is 37.8 Å². The van der Waals surface area contributed by atoms with E-state index in [1.807, 2.05) is 6.07 Å². The zero-order chi connectivity index (χ0) is 15.4. The van der Waals surface area contributed by atoms with Crippen molar-refractivity contribution >= 4 is 11.5 Å². The van der Waals surface area contributed by atoms with Crippen LogP contribution in [0.15, 0.2) is 18.2 Å². The third-order valence-electron chi connectivity index (χ3n) is 4.56. The summed E-state index contributed by atoms with van der Waals surface area (Å²) >= 11 is 0. The lowest BCUT2D eigenvalue weighted by molar-refractivity contribution is 0.0168. The van der Waals surface area contributed by atoms with Gasteiger partial charge in [-0.1, -0.05) is 0 Å². The van der Waals surface area contributed by atoms with Crippen molar-refractivity contribution in [1.29, 1.82) is 0 Å². The molecule has 0 saturated carbocycles. The summed E-state index contributed by atoms with van der Waals surface area (Å²) < 4.78 is 11.3. The summed E-state index contributed by atoms with van der Waals surface area (Å²) in [6.07, 6.45) is 4.71. The number of ketones is 1. The summed E-state index contributed by atoms with van der Waals surface area (Å²) in [6, 6.07) is 6.10. The van der Waals surface area contributed by atoms with Gasteiger partial charge in [-0.25, -0.2) is 0 Å². The van der Waals surface area contributed by atoms with Crippen LogP contribution in [-0.4, -0.2) is 44.8 Å². The van der Waals surface area contributed by atoms with Crippen LogP contribution in [0.5, 0.6) is 0 Å². The zero-order valence-electron chi connectivity index (χ0n) is 13.3. The highest BCUT2D eigenvalue weighted by molar-refractivity contribution is 5.94. The fourth-order valence-corrected chi connectivity index (χ4v) is 3.29. The zero-order valence-corrected chi connectivity index (χ0v) is 13.3. The second-order valence-corrected chi connectivity index (χ2v) is 6.19. The molecule has 2 aliphatic heterocycles. The molecule has 0 aromatic heterocycles. The first-order valence-electron chi connectivity index (χ1n) is 8.32. The highest BCUT2D eigenvalue weighted by Gasteiger charge is 2.20. The van der Waals surface area contributed by atoms with E-state index >= 15 is 0 Å². The molecule has 1 aromatic rings. The third-order valence-corrected chi connectivity index (χ3v) is 4.56. The largest absolute Gasteiger partial charge is 0.378 e. The molecule has 4 heteroatoms. The number of rotatable bonds is 4. The van der Waals surface area contributed by atoms with Crippen LogP contribution in [0.1, 0.15) is 42.1 Å². The van der Waals surface area contributed by atoms with E-state index in [4.69, 9.17) is 9.47 Å². The number of hydrogen-bond acceptors (Lipinski definition) is 4. The minimum absolute atomic E-state index is 0.124. The standard InChI is InChI=1S/C18H25NO3/c1-14(20)15-5-6-18(19-7-10-21-11-8-19)16(12-15)13-17-4-2-3-9-22-17/h5-6,12,17H,2-4,7-11,13H2,1H3/t17-/m1/s1. The highest BCUT2D eigenvalue weighted by atomic mass is 16.5. The number of nitrogens with zero attached hydrogens (tertiary/aromatic N) is 1. The molecule has 3 rings (SSSR count). The van der Waals surface area contributed by atoms with Crippen molar-refractivity contribution in [2.45, 2.75) is 38.7 Å². The predicted octanol–water partition coefficient (Wildman–Crippen LogP) is 2.84. The van der Waals surface area contributed by atoms with Crippen LogP contribution in [0.3, 0.4) is 0 Å². The second-order valence-electron chi connectivity index (χ2n) is 6.19. The van der Waals surface area contributed by atoms with E-state index in [-0.39, 0.29) is 11.9 Å². The van der Waals surface area contributed by atoms with Crippen molar-refractivity contribution in [1.82, 2.24) is 0 Å². The molecule has 1 atom stereocenters. The molecule has 2 fully saturated rings. The molecular weight excluding hydrogens is 278 g/mol. The third kappa shape index (κ3) is 3.68. The fourth-order valence-electron chi connectivity index (χ4n) is 3.29. The SMILES string of the molecule is CC(=O)c1ccc(N2CCOCC2)c(C[C@H]2CCCCO2)c1. The highest BCUT2D eigenvalue weighted by Crippen LogP contribution is 2.27. The number of carbonyl (C=O) groups is 1. The van der Waals surface area contributed by atoms with E-state index in [1.165, 1.54) is 24.1 Å². The normalized spacial score (nSPS) is 22.6. The molecule has 120 valence electrons. The fraction of sp³-hybridized carbons (Fsp3) is 0.611. The smallest absolute Gasteiger partial charge is 0.159 e. The predicted molar refractivity (Wildman–Crippen MR) is 86.8 cm³/mol. The van der Waals surface area contributed by atoms with Gasteiger partial charge in [0.15, 0.2) is 5.78 Å². The van der Waals surface area contributed by atoms with Crippen LogP contribution >= 0.6 is 0 Å². The summed E-state index contributed by atoms with van der Waals surface area (Å²) in [7, 11) is 0. The molecular formula is C18H25NO3. The summed E-state index contributed by atoms with van der Waals surface area (Å²) in [5, 5.41) is 0. The maximum Gasteiger partial charge on any atom is 0.159 e. The van der Waals surface area contributed by atoms with Gasteiger partial charge in [0, 0.05) is 37.4 Å². The van der Waals surface area contributed by atoms with Gasteiger partial charge >= 0.3 is 0 Å². The molecule has 2 aliphatic rings. The maximum atomic E-state index is 11.7. The van der Waals surface area contributed by atoms with Crippen LogP contribution in [0.2, 0.25) is 0 Å². The lowest BCUT2D eigenvalue weighted by Gasteiger charge is -2.32. The van der Waals surface area contributed by atoms with Crippen LogP contribution in [0, 0.1) is 0 Å². The molecule has 0 radical (unpaired) electrons. The summed E-state index contributed by atoms with van der Waals surface area (Å²) in [5.41, 5.74) is 3.27. The Balaban J connectivity index is 1.84. The van der Waals surface area contributed by atoms with E-state index < -0.39 is 0 Å². The Labute approximate surface area is 132 Å². The summed E-state index contributed by atoms with van der Waals surface area (Å²) in [6.45, 7) is 5.87. The molecule has 0 N–H and O–H groups in total. The van der Waals surface area contributed by atoms with Gasteiger partial charge in [0.05, 0.1) is 19.3 Å². The van der Waals surface area contributed by atoms with E-state index in [9.17, 15) is 4.79 Å². The molecule has 22 heavy (non-hydrogen) atoms. The monoisotopic (exact) mass is 303 g/mol. The van der Waals surface area contributed by atoms with Gasteiger partial charge in [-0.3, -0.25) is 4.79 Å². The van der Waals surface area contributed by atoms with E-state index in [0.717, 1.165) is 51.3 Å². The van der Waals surface area contributed by atoms with Crippen molar-refractivity contribution in [3.05, 3.63) is 29.3 Å². The van der Waals surface area contributed by atoms with Crippen LogP contribution < -0.4 is 4.90 Å². The Morgan fingerprint density at radius 1 is 1.23 bits per heavy atom. The summed E-state index contributed by atoms with van der Waals surface area (Å²) in [4.78, 5) is 14.1. The summed E-state index contributed by atoms with van der Waals surface area (Å²) in [5.74, 6) is 0.124. The van der Waals surface area contributed by atoms with Crippen molar-refractivity contribution < 1.29 is 14.3 Å². The van der Waals surface area contributed by atoms with Crippen molar-refractivity contribution in [2.24, 2.45) is 0 Å². The molecule has 1 aromatic carbocycles. The van der Waals surface area contributed by atoms with Gasteiger partial charge in [-0.05, 0) is 49.9 Å². The average molecular weight is 303 g/mol. The average Bonchev–Trinajstić information content (AvgIpc) is 2.56. The molecule has 0 unspecified atom stereocenters. The Morgan fingerprint density at radius 2 is 2.05 bits per heavy atom. The van der Waals surface area contributed by atoms with Gasteiger partial charge in [0.25, 0.3) is 0 Å². The Morgan fingerprint density at radius 3 is 2.73 bits per heavy atom. The van der Waals surface area contributed by atoms with Gasteiger partial charge in [-0.15, -0.1) is 0 Å². The maximum absolute atomic E-state index is 11.7. The van der Waals surface area contributed by atoms with Crippen LogP contribution in [0.25, 0.3) is 0 Å². The van der Waals surface area contributed by atoms with Gasteiger partial charge in [0.2, 0.25) is 0 Å². The molecule has 0 spiro atoms. The number of carbonyl (C=O) groups excluding carboxylic acids is 1. The Hall–Kier alpha value is -1.39. The number of Topliss-reactive ketones (excluding diaryl/α,β-unsaturated/α-hetero) is 1. The van der Waals surface area contributed by atoms with Crippen molar-refractivity contribution in [3.8, 4) is 0 Å². The number of morpholine rings is 1. The van der Waals surface area contributed by atoms with E-state index in [1.54, 1.807) is 6.92 Å². The number of ether oxygens (including phenoxy) is 2. The molecule has 4 nitrogen and oxygen atoms in total. The van der Waals surface area contributed by atoms with Gasteiger partial charge in [-0.2, -0.15) is 0 Å². The van der Waals surface area contributed by atoms with Gasteiger partial charge < -0.3 is 14.4 Å². The molecule has 2 saturated heterocycles. The molecule has 0 amide bonds. The van der Waals surface area contributed by atoms with Crippen LogP contribution in [-0.2, 0) is 15.9 Å². The molecule has 0 bridgehead atoms. The number of benzene rings is 1. The topological polar surface area (TPSA) is 38.8 Å². The quantitative estimate of drug-likeness (QED) is 0.802. The number of anilines is 1. The molecule has 0 aliphatic carbocycles. The molecule has 2 heterocycles. The minimum atomic E-state index is 0.124. The number of hydrogen-bond donors (Lipinski definition) is 0. The Kier molecular flexibility index (Phi) is 5.11. The van der Waals surface area contributed by atoms with Gasteiger partial charge in [0.1, 0.15) is 0 Å². The van der Waals surface area contributed by atoms with Crippen LogP contribution in [0.4, 0.5) is 5.69 Å². The lowest BCUT2D eigenvalue weighted by atomic mass is 9.97. The van der Waals surface area contributed by atoms with E-state index in [0.29, 0.717) is 0 Å².